The molecule has 18 nitrogen and oxygen atoms in total. The molecule has 2 atom stereocenters. The Morgan fingerprint density at radius 3 is 2.44 bits per heavy atom. The third kappa shape index (κ3) is 11.8. The minimum absolute atomic E-state index is 0.00114. The van der Waals surface area contributed by atoms with E-state index in [0.717, 1.165) is 94.9 Å². The number of aromatic nitrogens is 4. The number of sulfonamides is 1. The van der Waals surface area contributed by atoms with Gasteiger partial charge in [-0.15, -0.1) is 0 Å². The molecule has 6 aromatic rings. The number of hydrogen-bond acceptors (Lipinski definition) is 15. The van der Waals surface area contributed by atoms with Gasteiger partial charge >= 0.3 is 0 Å². The van der Waals surface area contributed by atoms with Crippen molar-refractivity contribution >= 4 is 44.2 Å². The highest BCUT2D eigenvalue weighted by molar-refractivity contribution is 7.90. The molecule has 1 amide bonds. The first-order valence-electron chi connectivity index (χ1n) is 26.9. The Morgan fingerprint density at radius 1 is 0.962 bits per heavy atom. The molecule has 6 heterocycles. The van der Waals surface area contributed by atoms with Crippen LogP contribution in [0.3, 0.4) is 0 Å². The molecule has 0 radical (unpaired) electrons. The fraction of sp³-hybridized carbons (Fsp3) is 0.474. The molecule has 5 N–H and O–H groups in total. The van der Waals surface area contributed by atoms with Crippen LogP contribution in [0.1, 0.15) is 111 Å². The number of hydrogen-bond donors (Lipinski definition) is 5. The van der Waals surface area contributed by atoms with Crippen molar-refractivity contribution in [3.05, 3.63) is 118 Å². The minimum atomic E-state index is -4.61. The number of nitrogens with one attached hydrogen (secondary N) is 4. The number of H-pyrrole nitrogens is 1. The number of carbonyl (C=O) groups excluding carboxylic acids is 1. The van der Waals surface area contributed by atoms with Gasteiger partial charge in [-0.05, 0) is 110 Å². The Bertz CT molecular complexity index is 3260. The zero-order chi connectivity index (χ0) is 55.1. The van der Waals surface area contributed by atoms with Crippen LogP contribution in [0.5, 0.6) is 23.3 Å². The standard InChI is InChI=1S/C57H70F2N10O8S/c1-35(2)41-9-7-8-10-42(41)47-34-67(33-37-23-50(59)63-51(24-37)75-5)21-22-69(47)39-28-57(29-39)17-19-68(20-18-57)38-11-12-43(48(25-38)77-49-27-44-45(58)32-62-52(44)64-55(49)76-6)54(70)65-78(73,74)40-26-46(66(4)72)53(61-31-40)60-30-36-13-15-56(3,71)16-14-36/h7-12,23-27,31-32,35-36,39,47,66,71H,13-22,28-30,33-34H2,1-6H3,(H,60,61)(H,62,64)(H,65,70)/t36-,47-,56-/m0/s1. The predicted molar refractivity (Wildman–Crippen MR) is 292 cm³/mol. The van der Waals surface area contributed by atoms with Gasteiger partial charge in [-0.25, -0.2) is 22.5 Å². The Balaban J connectivity index is 0.857. The summed E-state index contributed by atoms with van der Waals surface area (Å²) in [5.41, 5.74) is 3.78. The van der Waals surface area contributed by atoms with Crippen LogP contribution in [0.15, 0.2) is 84.0 Å². The predicted octanol–water partition coefficient (Wildman–Crippen LogP) is 7.99. The lowest BCUT2D eigenvalue weighted by atomic mass is 9.59. The number of nitrogens with zero attached hydrogens (tertiary/aromatic N) is 6. The van der Waals surface area contributed by atoms with Crippen LogP contribution < -0.4 is 34.2 Å². The molecule has 0 bridgehead atoms. The van der Waals surface area contributed by atoms with Crippen molar-refractivity contribution in [1.29, 1.82) is 0 Å². The first-order valence-corrected chi connectivity index (χ1v) is 28.4. The second-order valence-corrected chi connectivity index (χ2v) is 24.0. The summed E-state index contributed by atoms with van der Waals surface area (Å²) in [7, 11) is -0.416. The van der Waals surface area contributed by atoms with E-state index in [4.69, 9.17) is 14.2 Å². The quantitative estimate of drug-likeness (QED) is 0.0432. The van der Waals surface area contributed by atoms with Gasteiger partial charge in [0.2, 0.25) is 11.8 Å². The topological polar surface area (TPSA) is 215 Å². The van der Waals surface area contributed by atoms with Crippen molar-refractivity contribution in [3.8, 4) is 23.3 Å². The molecule has 2 aromatic carbocycles. The molecule has 2 saturated heterocycles. The number of hydroxylamine groups is 1. The monoisotopic (exact) mass is 1090 g/mol. The molecule has 21 heteroatoms. The number of piperazine rings is 1. The third-order valence-corrected chi connectivity index (χ3v) is 17.9. The van der Waals surface area contributed by atoms with Gasteiger partial charge in [0.1, 0.15) is 22.1 Å². The molecule has 4 fully saturated rings. The van der Waals surface area contributed by atoms with E-state index in [1.807, 2.05) is 6.92 Å². The smallest absolute Gasteiger partial charge is 0.268 e. The lowest BCUT2D eigenvalue weighted by Crippen LogP contribution is -2.98. The molecule has 4 aliphatic rings. The van der Waals surface area contributed by atoms with Crippen molar-refractivity contribution in [3.63, 3.8) is 0 Å². The van der Waals surface area contributed by atoms with Crippen molar-refractivity contribution in [1.82, 2.24) is 34.5 Å². The molecule has 2 saturated carbocycles. The van der Waals surface area contributed by atoms with E-state index in [-0.39, 0.29) is 68.7 Å². The Morgan fingerprint density at radius 2 is 1.72 bits per heavy atom. The number of carbonyl (C=O) groups is 1. The fourth-order valence-electron chi connectivity index (χ4n) is 12.1. The Kier molecular flexibility index (Phi) is 15.7. The Labute approximate surface area is 454 Å². The number of methoxy groups -OCH3 is 2. The van der Waals surface area contributed by atoms with Gasteiger partial charge in [-0.1, -0.05) is 38.1 Å². The van der Waals surface area contributed by atoms with Gasteiger partial charge in [-0.2, -0.15) is 14.4 Å². The summed E-state index contributed by atoms with van der Waals surface area (Å²) in [6.07, 6.45) is 9.09. The number of aromatic amines is 1. The van der Waals surface area contributed by atoms with Crippen molar-refractivity contribution < 1.29 is 46.4 Å². The number of amides is 1. The van der Waals surface area contributed by atoms with Crippen LogP contribution in [-0.4, -0.2) is 121 Å². The lowest BCUT2D eigenvalue weighted by Gasteiger charge is -2.58. The van der Waals surface area contributed by atoms with Gasteiger partial charge < -0.3 is 44.8 Å². The van der Waals surface area contributed by atoms with Crippen LogP contribution in [-0.2, 0) is 16.6 Å². The zero-order valence-corrected chi connectivity index (χ0v) is 45.9. The molecule has 1 spiro atoms. The average Bonchev–Trinajstić information content (AvgIpc) is 3.83. The average molecular weight is 1090 g/mol. The van der Waals surface area contributed by atoms with E-state index in [9.17, 15) is 32.3 Å². The van der Waals surface area contributed by atoms with Crippen molar-refractivity contribution in [2.45, 2.75) is 107 Å². The third-order valence-electron chi connectivity index (χ3n) is 16.6. The van der Waals surface area contributed by atoms with Crippen LogP contribution >= 0.6 is 0 Å². The first-order chi connectivity index (χ1) is 37.3. The normalized spacial score (nSPS) is 21.6. The molecule has 416 valence electrons. The molecule has 1 unspecified atom stereocenters. The number of rotatable bonds is 17. The summed E-state index contributed by atoms with van der Waals surface area (Å²) >= 11 is 0. The van der Waals surface area contributed by atoms with Crippen LogP contribution in [0.25, 0.3) is 11.0 Å². The number of piperidine rings is 1. The highest BCUT2D eigenvalue weighted by atomic mass is 32.2. The van der Waals surface area contributed by atoms with E-state index < -0.39 is 43.3 Å². The molecule has 4 aromatic heterocycles. The summed E-state index contributed by atoms with van der Waals surface area (Å²) in [4.78, 5) is 36.5. The second kappa shape index (κ2) is 22.3. The molecule has 78 heavy (non-hydrogen) atoms. The zero-order valence-electron chi connectivity index (χ0n) is 45.1. The van der Waals surface area contributed by atoms with Crippen LogP contribution in [0, 0.1) is 28.3 Å². The second-order valence-electron chi connectivity index (χ2n) is 22.4. The summed E-state index contributed by atoms with van der Waals surface area (Å²) in [5, 5.41) is 26.2. The van der Waals surface area contributed by atoms with Crippen molar-refractivity contribution in [2.24, 2.45) is 11.3 Å². The van der Waals surface area contributed by atoms with E-state index >= 15 is 0 Å². The molecule has 10 rings (SSSR count). The summed E-state index contributed by atoms with van der Waals surface area (Å²) in [5.74, 6) is -1.12. The van der Waals surface area contributed by atoms with E-state index in [0.29, 0.717) is 37.9 Å². The number of ether oxygens (including phenoxy) is 3. The summed E-state index contributed by atoms with van der Waals surface area (Å²) < 4.78 is 76.8. The molecular formula is C57H70F2N10O8S. The van der Waals surface area contributed by atoms with Gasteiger partial charge in [0, 0.05) is 94.0 Å². The SMILES string of the molecule is COc1cc(CN2CCN(C3CC4(CCN(c5ccc(C(=O)NS(=O)(=O)c6cnc(NC[C@H]7CC[C@](C)(O)CC7)c([NH+](C)[O-])c6)c(Oc6cc7c(F)c[nH]c7nc6OC)c5)CC4)C3)[C@H](c3ccccc3C(C)C)C2)cc(F)n1. The Hall–Kier alpha value is -6.49. The number of halogens is 2. The number of pyridine rings is 3. The number of aliphatic hydroxyl groups is 1. The van der Waals surface area contributed by atoms with Crippen LogP contribution in [0.2, 0.25) is 0 Å². The fourth-order valence-corrected chi connectivity index (χ4v) is 13.1. The van der Waals surface area contributed by atoms with Gasteiger partial charge in [0.25, 0.3) is 21.8 Å². The van der Waals surface area contributed by atoms with Gasteiger partial charge in [0.15, 0.2) is 17.3 Å². The van der Waals surface area contributed by atoms with Gasteiger partial charge in [-0.3, -0.25) is 14.6 Å². The van der Waals surface area contributed by atoms with E-state index in [1.165, 1.54) is 56.7 Å². The highest BCUT2D eigenvalue weighted by Crippen LogP contribution is 2.53. The first kappa shape index (κ1) is 54.8. The highest BCUT2D eigenvalue weighted by Gasteiger charge is 2.50. The maximum Gasteiger partial charge on any atom is 0.268 e. The number of benzene rings is 2. The van der Waals surface area contributed by atoms with Gasteiger partial charge in [0.05, 0.1) is 44.0 Å². The summed E-state index contributed by atoms with van der Waals surface area (Å²) in [6, 6.07) is 20.1. The van der Waals surface area contributed by atoms with Crippen molar-refractivity contribution in [2.75, 3.05) is 70.8 Å². The minimum Gasteiger partial charge on any atom is -0.629 e. The number of fused-ring (bicyclic) bond motifs is 1. The van der Waals surface area contributed by atoms with E-state index in [2.05, 4.69) is 82.8 Å². The largest absolute Gasteiger partial charge is 0.629 e. The number of anilines is 2. The van der Waals surface area contributed by atoms with E-state index in [1.54, 1.807) is 18.2 Å². The summed E-state index contributed by atoms with van der Waals surface area (Å²) in [6.45, 7) is 11.3. The molecular weight excluding hydrogens is 1020 g/mol. The number of quaternary nitrogens is 1. The maximum atomic E-state index is 14.9. The molecule has 2 aliphatic carbocycles. The maximum absolute atomic E-state index is 14.9. The van der Waals surface area contributed by atoms with Crippen LogP contribution in [0.4, 0.5) is 26.0 Å². The lowest BCUT2D eigenvalue weighted by molar-refractivity contribution is -0.751. The molecule has 2 aliphatic heterocycles.